The van der Waals surface area contributed by atoms with Gasteiger partial charge in [0, 0.05) is 17.3 Å². The lowest BCUT2D eigenvalue weighted by atomic mass is 9.93. The van der Waals surface area contributed by atoms with Crippen molar-refractivity contribution < 1.29 is 36.2 Å². The molecule has 0 aliphatic rings. The molecule has 0 aliphatic heterocycles. The van der Waals surface area contributed by atoms with Crippen LogP contribution < -0.4 is 15.8 Å². The minimum Gasteiger partial charge on any atom is -0.490 e. The number of ether oxygens (including phenoxy) is 2. The maximum Gasteiger partial charge on any atom is 0.412 e. The maximum absolute atomic E-state index is 13.6. The number of nitrogens with two attached hydrogens (primary N) is 1. The van der Waals surface area contributed by atoms with Gasteiger partial charge >= 0.3 is 6.09 Å². The van der Waals surface area contributed by atoms with Crippen molar-refractivity contribution in [2.45, 2.75) is 45.6 Å². The van der Waals surface area contributed by atoms with Gasteiger partial charge in [-0.1, -0.05) is 13.8 Å². The summed E-state index contributed by atoms with van der Waals surface area (Å²) in [7, 11) is 1.22. The van der Waals surface area contributed by atoms with Gasteiger partial charge in [-0.25, -0.2) is 36.7 Å². The minimum absolute atomic E-state index is 0.00820. The predicted octanol–water partition coefficient (Wildman–Crippen LogP) is 7.32. The molecule has 0 saturated heterocycles. The Bertz CT molecular complexity index is 1280. The van der Waals surface area contributed by atoms with E-state index in [4.69, 9.17) is 10.5 Å². The van der Waals surface area contributed by atoms with E-state index in [0.29, 0.717) is 23.6 Å². The number of aromatic nitrogens is 3. The standard InChI is InChI=1S/C20H26F2N4O3.C6H3BrF3N/c1-12(2)9-20(3,23)11-29-16-10-25-15(8-14(16)18(21)22)13-5-6-24-17(7-13)26-19(27)28-4;7-5-1-3(6(9)10)4(8)2-11-5/h5-8,10,12,18H,9,11,23H2,1-4H3,(H,24,26,27);1-2,6H/t20-;/m0./s1. The fraction of sp³-hybridized carbons (Fsp3) is 0.385. The summed E-state index contributed by atoms with van der Waals surface area (Å²) in [5.41, 5.74) is 5.43. The van der Waals surface area contributed by atoms with Crippen molar-refractivity contribution in [3.8, 4) is 17.0 Å². The van der Waals surface area contributed by atoms with Crippen molar-refractivity contribution in [1.82, 2.24) is 15.0 Å². The molecule has 3 aromatic heterocycles. The van der Waals surface area contributed by atoms with Crippen molar-refractivity contribution >= 4 is 27.8 Å². The average Bonchev–Trinajstić information content (AvgIpc) is 2.88. The molecular weight excluding hydrogens is 605 g/mol. The molecule has 0 aliphatic carbocycles. The van der Waals surface area contributed by atoms with E-state index in [-0.39, 0.29) is 28.3 Å². The third-order valence-electron chi connectivity index (χ3n) is 5.12. The monoisotopic (exact) mass is 633 g/mol. The van der Waals surface area contributed by atoms with Crippen LogP contribution in [0.3, 0.4) is 0 Å². The van der Waals surface area contributed by atoms with Crippen LogP contribution in [-0.2, 0) is 4.74 Å². The Morgan fingerprint density at radius 2 is 1.75 bits per heavy atom. The molecule has 0 radical (unpaired) electrons. The van der Waals surface area contributed by atoms with E-state index in [1.165, 1.54) is 31.6 Å². The lowest BCUT2D eigenvalue weighted by molar-refractivity contribution is 0.139. The summed E-state index contributed by atoms with van der Waals surface area (Å²) >= 11 is 2.85. The Morgan fingerprint density at radius 1 is 1.07 bits per heavy atom. The van der Waals surface area contributed by atoms with E-state index < -0.39 is 35.9 Å². The number of carbonyl (C=O) groups excluding carboxylic acids is 1. The second-order valence-electron chi connectivity index (χ2n) is 9.32. The van der Waals surface area contributed by atoms with E-state index in [1.54, 1.807) is 6.07 Å². The number of nitrogens with zero attached hydrogens (tertiary/aromatic N) is 3. The molecule has 0 bridgehead atoms. The first-order valence-corrected chi connectivity index (χ1v) is 12.6. The molecule has 0 aromatic carbocycles. The Labute approximate surface area is 236 Å². The number of hydrogen-bond acceptors (Lipinski definition) is 7. The highest BCUT2D eigenvalue weighted by Gasteiger charge is 2.24. The number of nitrogens with one attached hydrogen (secondary N) is 1. The van der Waals surface area contributed by atoms with Gasteiger partial charge in [0.05, 0.1) is 36.3 Å². The van der Waals surface area contributed by atoms with E-state index in [2.05, 4.69) is 40.9 Å². The van der Waals surface area contributed by atoms with Crippen molar-refractivity contribution in [3.63, 3.8) is 0 Å². The van der Waals surface area contributed by atoms with Crippen LogP contribution in [0.25, 0.3) is 11.3 Å². The lowest BCUT2D eigenvalue weighted by Gasteiger charge is -2.27. The SMILES string of the molecule is COC(=O)Nc1cc(-c2cc(C(F)F)c(OC[C@@](C)(N)CC(C)C)cn2)ccn1.Fc1cnc(Br)cc1C(F)F. The number of pyridine rings is 3. The minimum atomic E-state index is -2.80. The Hall–Kier alpha value is -3.39. The van der Waals surface area contributed by atoms with Crippen LogP contribution in [0.15, 0.2) is 47.5 Å². The van der Waals surface area contributed by atoms with Crippen LogP contribution in [-0.4, -0.2) is 40.3 Å². The number of methoxy groups -OCH3 is 1. The third kappa shape index (κ3) is 10.3. The van der Waals surface area contributed by atoms with Crippen LogP contribution >= 0.6 is 15.9 Å². The van der Waals surface area contributed by atoms with Gasteiger partial charge in [0.2, 0.25) is 0 Å². The molecule has 0 spiro atoms. The summed E-state index contributed by atoms with van der Waals surface area (Å²) < 4.78 is 73.9. The molecule has 0 unspecified atom stereocenters. The van der Waals surface area contributed by atoms with Crippen LogP contribution in [0.1, 0.15) is 51.2 Å². The molecule has 3 N–H and O–H groups in total. The Kier molecular flexibility index (Phi) is 12.2. The zero-order valence-corrected chi connectivity index (χ0v) is 23.7. The average molecular weight is 634 g/mol. The predicted molar refractivity (Wildman–Crippen MR) is 143 cm³/mol. The molecular formula is C26H29BrF5N5O3. The topological polar surface area (TPSA) is 112 Å². The molecule has 218 valence electrons. The molecule has 0 fully saturated rings. The van der Waals surface area contributed by atoms with Crippen molar-refractivity contribution in [3.05, 3.63) is 64.4 Å². The Morgan fingerprint density at radius 3 is 2.33 bits per heavy atom. The van der Waals surface area contributed by atoms with Crippen molar-refractivity contribution in [1.29, 1.82) is 0 Å². The molecule has 1 atom stereocenters. The zero-order chi connectivity index (χ0) is 30.0. The van der Waals surface area contributed by atoms with E-state index >= 15 is 0 Å². The third-order valence-corrected chi connectivity index (χ3v) is 5.56. The zero-order valence-electron chi connectivity index (χ0n) is 22.1. The smallest absolute Gasteiger partial charge is 0.412 e. The first kappa shape index (κ1) is 32.8. The van der Waals surface area contributed by atoms with Gasteiger partial charge in [-0.05, 0) is 59.5 Å². The molecule has 8 nitrogen and oxygen atoms in total. The molecule has 3 aromatic rings. The number of rotatable bonds is 9. The van der Waals surface area contributed by atoms with Crippen molar-refractivity contribution in [2.24, 2.45) is 11.7 Å². The van der Waals surface area contributed by atoms with E-state index in [9.17, 15) is 26.7 Å². The van der Waals surface area contributed by atoms with Gasteiger partial charge in [-0.2, -0.15) is 0 Å². The van der Waals surface area contributed by atoms with Crippen LogP contribution in [0, 0.1) is 11.7 Å². The number of alkyl halides is 4. The van der Waals surface area contributed by atoms with Gasteiger partial charge in [-0.3, -0.25) is 10.3 Å². The van der Waals surface area contributed by atoms with E-state index in [1.807, 2.05) is 20.8 Å². The van der Waals surface area contributed by atoms with E-state index in [0.717, 1.165) is 12.3 Å². The number of amides is 1. The highest BCUT2D eigenvalue weighted by molar-refractivity contribution is 9.10. The number of hydrogen-bond donors (Lipinski definition) is 2. The molecule has 14 heteroatoms. The first-order chi connectivity index (χ1) is 18.7. The summed E-state index contributed by atoms with van der Waals surface area (Å²) in [6.45, 7) is 5.98. The van der Waals surface area contributed by atoms with Gasteiger partial charge in [0.15, 0.2) is 0 Å². The maximum atomic E-state index is 13.6. The quantitative estimate of drug-likeness (QED) is 0.187. The summed E-state index contributed by atoms with van der Waals surface area (Å²) in [5.74, 6) is -0.430. The number of anilines is 1. The lowest BCUT2D eigenvalue weighted by Crippen LogP contribution is -2.43. The van der Waals surface area contributed by atoms with Crippen LogP contribution in [0.5, 0.6) is 5.75 Å². The van der Waals surface area contributed by atoms with Crippen molar-refractivity contribution in [2.75, 3.05) is 19.0 Å². The molecule has 0 saturated carbocycles. The fourth-order valence-corrected chi connectivity index (χ4v) is 3.90. The Balaban J connectivity index is 0.000000425. The molecule has 40 heavy (non-hydrogen) atoms. The molecule has 3 rings (SSSR count). The van der Waals surface area contributed by atoms with Crippen LogP contribution in [0.2, 0.25) is 0 Å². The second kappa shape index (κ2) is 14.8. The fourth-order valence-electron chi connectivity index (χ4n) is 3.55. The van der Waals surface area contributed by atoms with Gasteiger partial charge in [0.25, 0.3) is 12.9 Å². The second-order valence-corrected chi connectivity index (χ2v) is 10.1. The highest BCUT2D eigenvalue weighted by atomic mass is 79.9. The molecule has 3 heterocycles. The van der Waals surface area contributed by atoms with Gasteiger partial charge in [-0.15, -0.1) is 0 Å². The first-order valence-electron chi connectivity index (χ1n) is 11.8. The summed E-state index contributed by atoms with van der Waals surface area (Å²) in [6, 6.07) is 5.32. The molecule has 1 amide bonds. The van der Waals surface area contributed by atoms with Crippen LogP contribution in [0.4, 0.5) is 32.6 Å². The summed E-state index contributed by atoms with van der Waals surface area (Å²) in [6.07, 6.45) is -2.10. The number of halogens is 6. The largest absolute Gasteiger partial charge is 0.490 e. The highest BCUT2D eigenvalue weighted by Crippen LogP contribution is 2.33. The summed E-state index contributed by atoms with van der Waals surface area (Å²) in [4.78, 5) is 23.0. The number of carbonyl (C=O) groups is 1. The summed E-state index contributed by atoms with van der Waals surface area (Å²) in [5, 5.41) is 2.42. The van der Waals surface area contributed by atoms with Gasteiger partial charge < -0.3 is 15.2 Å². The van der Waals surface area contributed by atoms with Gasteiger partial charge in [0.1, 0.15) is 28.6 Å². The normalized spacial score (nSPS) is 12.6.